The van der Waals surface area contributed by atoms with Gasteiger partial charge in [-0.25, -0.2) is 19.9 Å². The molecule has 0 spiro atoms. The summed E-state index contributed by atoms with van der Waals surface area (Å²) >= 11 is 0. The first kappa shape index (κ1) is 38.9. The van der Waals surface area contributed by atoms with Crippen molar-refractivity contribution in [2.75, 3.05) is 0 Å². The Bertz CT molecular complexity index is 4060. The summed E-state index contributed by atoms with van der Waals surface area (Å²) in [4.78, 5) is 20.9. The van der Waals surface area contributed by atoms with E-state index in [9.17, 15) is 0 Å². The second-order valence-electron chi connectivity index (χ2n) is 18.1. The fourth-order valence-electron chi connectivity index (χ4n) is 10.6. The van der Waals surface area contributed by atoms with Gasteiger partial charge in [-0.15, -0.1) is 0 Å². The van der Waals surface area contributed by atoms with Gasteiger partial charge in [-0.3, -0.25) is 0 Å². The number of para-hydroxylation sites is 2. The van der Waals surface area contributed by atoms with Crippen molar-refractivity contribution in [3.8, 4) is 56.5 Å². The highest BCUT2D eigenvalue weighted by atomic mass is 16.3. The quantitative estimate of drug-likeness (QED) is 0.161. The molecule has 0 N–H and O–H groups in total. The average Bonchev–Trinajstić information content (AvgIpc) is 3.73. The number of nitrogens with zero attached hydrogens (tertiary/aromatic N) is 4. The third-order valence-corrected chi connectivity index (χ3v) is 13.4. The molecule has 5 heteroatoms. The van der Waals surface area contributed by atoms with Gasteiger partial charge in [-0.05, 0) is 114 Å². The van der Waals surface area contributed by atoms with E-state index in [0.717, 1.165) is 105 Å². The van der Waals surface area contributed by atoms with E-state index in [4.69, 9.17) is 24.4 Å². The third kappa shape index (κ3) is 6.38. The van der Waals surface area contributed by atoms with E-state index in [0.29, 0.717) is 17.5 Å². The number of aryl methyl sites for hydroxylation is 4. The van der Waals surface area contributed by atoms with E-state index in [2.05, 4.69) is 204 Å². The van der Waals surface area contributed by atoms with Crippen molar-refractivity contribution >= 4 is 75.9 Å². The van der Waals surface area contributed by atoms with E-state index in [-0.39, 0.29) is 0 Å². The van der Waals surface area contributed by atoms with Crippen molar-refractivity contribution in [3.05, 3.63) is 204 Å². The average molecular weight is 859 g/mol. The summed E-state index contributed by atoms with van der Waals surface area (Å²) in [5.74, 6) is 1.92. The maximum absolute atomic E-state index is 6.78. The van der Waals surface area contributed by atoms with Crippen LogP contribution >= 0.6 is 0 Å². The Kier molecular flexibility index (Phi) is 8.71. The number of hydrogen-bond acceptors (Lipinski definition) is 5. The first-order chi connectivity index (χ1) is 32.8. The topological polar surface area (TPSA) is 64.7 Å². The van der Waals surface area contributed by atoms with Crippen molar-refractivity contribution in [2.24, 2.45) is 0 Å². The highest BCUT2D eigenvalue weighted by Gasteiger charge is 2.23. The van der Waals surface area contributed by atoms with Crippen LogP contribution in [0.3, 0.4) is 0 Å². The van der Waals surface area contributed by atoms with Crippen molar-refractivity contribution < 1.29 is 4.42 Å². The number of furan rings is 1. The minimum Gasteiger partial charge on any atom is -0.456 e. The molecule has 3 aromatic heterocycles. The summed E-state index contributed by atoms with van der Waals surface area (Å²) in [6, 6.07) is 65.1. The Morgan fingerprint density at radius 3 is 1.36 bits per heavy atom. The molecule has 316 valence electrons. The van der Waals surface area contributed by atoms with Crippen molar-refractivity contribution in [2.45, 2.75) is 27.7 Å². The highest BCUT2D eigenvalue weighted by molar-refractivity contribution is 6.29. The van der Waals surface area contributed by atoms with Crippen LogP contribution in [0.25, 0.3) is 132 Å². The molecule has 3 heterocycles. The van der Waals surface area contributed by atoms with Gasteiger partial charge >= 0.3 is 0 Å². The van der Waals surface area contributed by atoms with Gasteiger partial charge < -0.3 is 4.42 Å². The lowest BCUT2D eigenvalue weighted by Crippen LogP contribution is -2.01. The molecule has 10 aromatic carbocycles. The van der Waals surface area contributed by atoms with E-state index in [1.807, 2.05) is 6.07 Å². The molecule has 0 saturated heterocycles. The van der Waals surface area contributed by atoms with Gasteiger partial charge in [0.25, 0.3) is 0 Å². The first-order valence-electron chi connectivity index (χ1n) is 22.9. The van der Waals surface area contributed by atoms with E-state index >= 15 is 0 Å². The maximum atomic E-state index is 6.78. The summed E-state index contributed by atoms with van der Waals surface area (Å²) in [5, 5.41) is 12.8. The lowest BCUT2D eigenvalue weighted by atomic mass is 9.88. The molecule has 0 fully saturated rings. The molecule has 0 saturated carbocycles. The highest BCUT2D eigenvalue weighted by Crippen LogP contribution is 2.47. The molecular weight excluding hydrogens is 817 g/mol. The maximum Gasteiger partial charge on any atom is 0.164 e. The summed E-state index contributed by atoms with van der Waals surface area (Å²) in [6.45, 7) is 8.46. The zero-order valence-electron chi connectivity index (χ0n) is 37.5. The normalized spacial score (nSPS) is 11.9. The van der Waals surface area contributed by atoms with E-state index in [1.165, 1.54) is 32.3 Å². The van der Waals surface area contributed by atoms with Gasteiger partial charge in [0.15, 0.2) is 17.5 Å². The molecule has 0 bridgehead atoms. The molecule has 0 aliphatic carbocycles. The zero-order valence-corrected chi connectivity index (χ0v) is 37.5. The second kappa shape index (κ2) is 15.0. The molecule has 0 amide bonds. The fraction of sp³-hybridized carbons (Fsp3) is 0.0645. The van der Waals surface area contributed by atoms with Crippen molar-refractivity contribution in [3.63, 3.8) is 0 Å². The third-order valence-electron chi connectivity index (χ3n) is 13.4. The van der Waals surface area contributed by atoms with Crippen LogP contribution in [0.2, 0.25) is 0 Å². The molecule has 0 atom stereocenters. The predicted molar refractivity (Wildman–Crippen MR) is 279 cm³/mol. The van der Waals surface area contributed by atoms with Crippen LogP contribution in [0.4, 0.5) is 0 Å². The van der Waals surface area contributed by atoms with E-state index in [1.54, 1.807) is 0 Å². The number of rotatable bonds is 5. The Morgan fingerprint density at radius 1 is 0.299 bits per heavy atom. The molecule has 0 unspecified atom stereocenters. The first-order valence-corrected chi connectivity index (χ1v) is 22.9. The number of fused-ring (bicyclic) bond motifs is 12. The monoisotopic (exact) mass is 858 g/mol. The Hall–Kier alpha value is -8.54. The molecule has 0 aliphatic rings. The lowest BCUT2D eigenvalue weighted by molar-refractivity contribution is 0.669. The molecule has 0 aliphatic heterocycles. The summed E-state index contributed by atoms with van der Waals surface area (Å²) in [7, 11) is 0. The van der Waals surface area contributed by atoms with Crippen LogP contribution in [-0.4, -0.2) is 19.9 Å². The minimum absolute atomic E-state index is 0.621. The Balaban J connectivity index is 1.06. The van der Waals surface area contributed by atoms with Crippen LogP contribution in [0.5, 0.6) is 0 Å². The molecule has 13 rings (SSSR count). The smallest absolute Gasteiger partial charge is 0.164 e. The molecule has 13 aromatic rings. The van der Waals surface area contributed by atoms with Crippen LogP contribution in [0.1, 0.15) is 22.3 Å². The summed E-state index contributed by atoms with van der Waals surface area (Å²) < 4.78 is 6.78. The zero-order chi connectivity index (χ0) is 44.9. The fourth-order valence-corrected chi connectivity index (χ4v) is 10.6. The van der Waals surface area contributed by atoms with Crippen molar-refractivity contribution in [1.29, 1.82) is 0 Å². The van der Waals surface area contributed by atoms with Gasteiger partial charge in [-0.1, -0.05) is 156 Å². The Labute approximate surface area is 387 Å². The molecule has 5 nitrogen and oxygen atoms in total. The van der Waals surface area contributed by atoms with Gasteiger partial charge in [0.2, 0.25) is 0 Å². The minimum atomic E-state index is 0.621. The number of pyridine rings is 1. The summed E-state index contributed by atoms with van der Waals surface area (Å²) in [5.41, 5.74) is 14.2. The molecule has 67 heavy (non-hydrogen) atoms. The SMILES string of the molecule is Cc1cc(C)cc(-c2nc(-c3ccc(-c4c5c(cc6c(-c7ccc8c9ccccc9c9ccccc9c8c7)nc7ccccc7c46)oc4ccccc45)cc3)nc(-c3cc(C)cc(C)c3)n2)c1. The Morgan fingerprint density at radius 2 is 0.761 bits per heavy atom. The summed E-state index contributed by atoms with van der Waals surface area (Å²) in [6.07, 6.45) is 0. The van der Waals surface area contributed by atoms with Gasteiger partial charge in [-0.2, -0.15) is 0 Å². The van der Waals surface area contributed by atoms with Gasteiger partial charge in [0.1, 0.15) is 11.2 Å². The molecule has 0 radical (unpaired) electrons. The van der Waals surface area contributed by atoms with Crippen LogP contribution in [0, 0.1) is 27.7 Å². The largest absolute Gasteiger partial charge is 0.456 e. The van der Waals surface area contributed by atoms with Crippen molar-refractivity contribution in [1.82, 2.24) is 19.9 Å². The van der Waals surface area contributed by atoms with Crippen LogP contribution < -0.4 is 0 Å². The number of hydrogen-bond donors (Lipinski definition) is 0. The second-order valence-corrected chi connectivity index (χ2v) is 18.1. The van der Waals surface area contributed by atoms with Crippen LogP contribution in [0.15, 0.2) is 186 Å². The molecular formula is C62H42N4O. The van der Waals surface area contributed by atoms with Gasteiger partial charge in [0.05, 0.1) is 11.2 Å². The predicted octanol–water partition coefficient (Wildman–Crippen LogP) is 16.5. The van der Waals surface area contributed by atoms with Crippen LogP contribution in [-0.2, 0) is 0 Å². The lowest BCUT2D eigenvalue weighted by Gasteiger charge is -2.17. The number of aromatic nitrogens is 4. The number of benzene rings is 10. The van der Waals surface area contributed by atoms with E-state index < -0.39 is 0 Å². The standard InChI is InChI=1S/C62H42N4O/c1-35-27-36(2)30-42(29-35)61-64-60(65-62(66-61)43-31-37(3)28-38(4)32-43)40-23-21-39(22-24-40)56-57-49-17-9-11-19-53(49)63-59(52(57)34-55-58(56)50-18-10-12-20-54(50)67-55)41-25-26-48-46-15-6-5-13-44(46)45-14-7-8-16-47(45)51(48)33-41/h5-34H,1-4H3. The van der Waals surface area contributed by atoms with Gasteiger partial charge in [0, 0.05) is 54.7 Å².